The molecule has 1 N–H and O–H groups in total. The van der Waals surface area contributed by atoms with Gasteiger partial charge in [-0.3, -0.25) is 9.36 Å². The number of amides is 1. The van der Waals surface area contributed by atoms with Crippen molar-refractivity contribution in [1.29, 1.82) is 0 Å². The lowest BCUT2D eigenvalue weighted by Crippen LogP contribution is -2.24. The molecule has 0 fully saturated rings. The molecule has 0 saturated heterocycles. The first-order valence-corrected chi connectivity index (χ1v) is 8.18. The molecule has 0 saturated carbocycles. The summed E-state index contributed by atoms with van der Waals surface area (Å²) in [6.45, 7) is -0.107. The minimum absolute atomic E-state index is 0.107. The van der Waals surface area contributed by atoms with E-state index in [1.54, 1.807) is 18.2 Å². The standard InChI is InChI=1S/C18H15ClN2O3/c19-13-5-7-15-16(9-13)24-18(23)21(15)10-17(22)20-14-6-4-11-2-1-3-12(11)8-14/h4-9H,1-3,10H2,(H,20,22). The monoisotopic (exact) mass is 342 g/mol. The first-order chi connectivity index (χ1) is 11.6. The smallest absolute Gasteiger partial charge is 0.408 e. The molecule has 0 spiro atoms. The van der Waals surface area contributed by atoms with Crippen molar-refractivity contribution in [3.05, 3.63) is 63.1 Å². The largest absolute Gasteiger partial charge is 0.420 e. The van der Waals surface area contributed by atoms with Crippen LogP contribution in [0.1, 0.15) is 17.5 Å². The quantitative estimate of drug-likeness (QED) is 0.793. The number of halogens is 1. The van der Waals surface area contributed by atoms with E-state index in [1.807, 2.05) is 12.1 Å². The second-order valence-electron chi connectivity index (χ2n) is 5.95. The Morgan fingerprint density at radius 2 is 2.00 bits per heavy atom. The van der Waals surface area contributed by atoms with E-state index in [9.17, 15) is 9.59 Å². The van der Waals surface area contributed by atoms with Crippen molar-refractivity contribution >= 4 is 34.3 Å². The Morgan fingerprint density at radius 3 is 2.88 bits per heavy atom. The highest BCUT2D eigenvalue weighted by molar-refractivity contribution is 6.31. The third-order valence-corrected chi connectivity index (χ3v) is 4.55. The number of nitrogens with zero attached hydrogens (tertiary/aromatic N) is 1. The SMILES string of the molecule is O=C(Cn1c(=O)oc2cc(Cl)ccc21)Nc1ccc2c(c1)CCC2. The van der Waals surface area contributed by atoms with Gasteiger partial charge < -0.3 is 9.73 Å². The molecule has 0 bridgehead atoms. The van der Waals surface area contributed by atoms with Crippen LogP contribution in [0, 0.1) is 0 Å². The van der Waals surface area contributed by atoms with Crippen molar-refractivity contribution in [3.63, 3.8) is 0 Å². The van der Waals surface area contributed by atoms with E-state index in [0.29, 0.717) is 16.1 Å². The number of aromatic nitrogens is 1. The van der Waals surface area contributed by atoms with Gasteiger partial charge in [-0.05, 0) is 54.7 Å². The second kappa shape index (κ2) is 5.83. The fourth-order valence-corrected chi connectivity index (χ4v) is 3.35. The van der Waals surface area contributed by atoms with E-state index in [0.717, 1.165) is 24.9 Å². The van der Waals surface area contributed by atoms with Crippen molar-refractivity contribution in [2.45, 2.75) is 25.8 Å². The minimum Gasteiger partial charge on any atom is -0.408 e. The van der Waals surface area contributed by atoms with Crippen LogP contribution in [0.3, 0.4) is 0 Å². The minimum atomic E-state index is -0.573. The van der Waals surface area contributed by atoms with Gasteiger partial charge in [0.2, 0.25) is 5.91 Å². The summed E-state index contributed by atoms with van der Waals surface area (Å²) in [5, 5.41) is 3.32. The van der Waals surface area contributed by atoms with E-state index in [-0.39, 0.29) is 12.5 Å². The molecular formula is C18H15ClN2O3. The van der Waals surface area contributed by atoms with Crippen molar-refractivity contribution in [3.8, 4) is 0 Å². The van der Waals surface area contributed by atoms with Crippen LogP contribution in [0.2, 0.25) is 5.02 Å². The molecule has 1 heterocycles. The predicted octanol–water partition coefficient (Wildman–Crippen LogP) is 3.38. The first kappa shape index (κ1) is 15.0. The fourth-order valence-electron chi connectivity index (χ4n) is 3.18. The maximum atomic E-state index is 12.3. The summed E-state index contributed by atoms with van der Waals surface area (Å²) in [6.07, 6.45) is 3.31. The van der Waals surface area contributed by atoms with Crippen LogP contribution in [0.5, 0.6) is 0 Å². The van der Waals surface area contributed by atoms with E-state index in [4.69, 9.17) is 16.0 Å². The lowest BCUT2D eigenvalue weighted by Gasteiger charge is -2.08. The van der Waals surface area contributed by atoms with Crippen molar-refractivity contribution in [2.24, 2.45) is 0 Å². The molecular weight excluding hydrogens is 328 g/mol. The second-order valence-corrected chi connectivity index (χ2v) is 6.39. The molecule has 3 aromatic rings. The van der Waals surface area contributed by atoms with Gasteiger partial charge in [0, 0.05) is 16.8 Å². The number of carbonyl (C=O) groups excluding carboxylic acids is 1. The number of carbonyl (C=O) groups is 1. The van der Waals surface area contributed by atoms with E-state index in [2.05, 4.69) is 11.4 Å². The maximum Gasteiger partial charge on any atom is 0.420 e. The summed E-state index contributed by atoms with van der Waals surface area (Å²) >= 11 is 5.89. The Bertz CT molecular complexity index is 1000. The molecule has 24 heavy (non-hydrogen) atoms. The zero-order chi connectivity index (χ0) is 16.7. The molecule has 6 heteroatoms. The fraction of sp³-hybridized carbons (Fsp3) is 0.222. The van der Waals surface area contributed by atoms with Gasteiger partial charge in [-0.25, -0.2) is 4.79 Å². The van der Waals surface area contributed by atoms with Gasteiger partial charge in [-0.2, -0.15) is 0 Å². The van der Waals surface area contributed by atoms with E-state index in [1.165, 1.54) is 15.7 Å². The van der Waals surface area contributed by atoms with Crippen LogP contribution >= 0.6 is 11.6 Å². The normalized spacial score (nSPS) is 13.2. The van der Waals surface area contributed by atoms with Crippen LogP contribution in [0.25, 0.3) is 11.1 Å². The Morgan fingerprint density at radius 1 is 1.17 bits per heavy atom. The number of hydrogen-bond donors (Lipinski definition) is 1. The number of fused-ring (bicyclic) bond motifs is 2. The third kappa shape index (κ3) is 2.71. The summed E-state index contributed by atoms with van der Waals surface area (Å²) in [4.78, 5) is 24.3. The maximum absolute atomic E-state index is 12.3. The molecule has 5 nitrogen and oxygen atoms in total. The average Bonchev–Trinajstić information content (AvgIpc) is 3.11. The predicted molar refractivity (Wildman–Crippen MR) is 92.6 cm³/mol. The van der Waals surface area contributed by atoms with Gasteiger partial charge in [-0.15, -0.1) is 0 Å². The highest BCUT2D eigenvalue weighted by atomic mass is 35.5. The number of nitrogens with one attached hydrogen (secondary N) is 1. The third-order valence-electron chi connectivity index (χ3n) is 4.31. The van der Waals surface area contributed by atoms with Gasteiger partial charge in [0.25, 0.3) is 0 Å². The molecule has 1 amide bonds. The Hall–Kier alpha value is -2.53. The van der Waals surface area contributed by atoms with Crippen molar-refractivity contribution < 1.29 is 9.21 Å². The van der Waals surface area contributed by atoms with E-state index < -0.39 is 5.76 Å². The number of aryl methyl sites for hydroxylation is 2. The number of oxazole rings is 1. The van der Waals surface area contributed by atoms with Crippen LogP contribution in [0.15, 0.2) is 45.6 Å². The molecule has 4 rings (SSSR count). The number of hydrogen-bond acceptors (Lipinski definition) is 3. The Labute approximate surface area is 142 Å². The number of anilines is 1. The average molecular weight is 343 g/mol. The van der Waals surface area contributed by atoms with Crippen molar-refractivity contribution in [1.82, 2.24) is 4.57 Å². The molecule has 2 aromatic carbocycles. The summed E-state index contributed by atoms with van der Waals surface area (Å²) < 4.78 is 6.43. The summed E-state index contributed by atoms with van der Waals surface area (Å²) in [6, 6.07) is 10.9. The molecule has 1 aliphatic carbocycles. The van der Waals surface area contributed by atoms with Crippen LogP contribution in [0.4, 0.5) is 5.69 Å². The van der Waals surface area contributed by atoms with Crippen molar-refractivity contribution in [2.75, 3.05) is 5.32 Å². The van der Waals surface area contributed by atoms with Crippen LogP contribution in [-0.4, -0.2) is 10.5 Å². The lowest BCUT2D eigenvalue weighted by atomic mass is 10.1. The first-order valence-electron chi connectivity index (χ1n) is 7.81. The van der Waals surface area contributed by atoms with Gasteiger partial charge in [0.05, 0.1) is 5.52 Å². The zero-order valence-corrected chi connectivity index (χ0v) is 13.6. The molecule has 1 aliphatic rings. The lowest BCUT2D eigenvalue weighted by molar-refractivity contribution is -0.116. The van der Waals surface area contributed by atoms with Crippen LogP contribution < -0.4 is 11.1 Å². The van der Waals surface area contributed by atoms with Crippen LogP contribution in [-0.2, 0) is 24.2 Å². The number of benzene rings is 2. The molecule has 0 radical (unpaired) electrons. The topological polar surface area (TPSA) is 64.2 Å². The molecule has 1 aromatic heterocycles. The zero-order valence-electron chi connectivity index (χ0n) is 12.8. The highest BCUT2D eigenvalue weighted by Crippen LogP contribution is 2.25. The van der Waals surface area contributed by atoms with Gasteiger partial charge in [0.15, 0.2) is 5.58 Å². The van der Waals surface area contributed by atoms with Gasteiger partial charge >= 0.3 is 5.76 Å². The molecule has 0 aliphatic heterocycles. The molecule has 0 unspecified atom stereocenters. The summed E-state index contributed by atoms with van der Waals surface area (Å²) in [5.41, 5.74) is 4.31. The van der Waals surface area contributed by atoms with Gasteiger partial charge in [-0.1, -0.05) is 17.7 Å². The Kier molecular flexibility index (Phi) is 3.65. The summed E-state index contributed by atoms with van der Waals surface area (Å²) in [5.74, 6) is -0.843. The molecule has 122 valence electrons. The number of rotatable bonds is 3. The summed E-state index contributed by atoms with van der Waals surface area (Å²) in [7, 11) is 0. The Balaban J connectivity index is 1.56. The molecule has 0 atom stereocenters. The van der Waals surface area contributed by atoms with E-state index >= 15 is 0 Å². The highest BCUT2D eigenvalue weighted by Gasteiger charge is 2.15. The van der Waals surface area contributed by atoms with Gasteiger partial charge in [0.1, 0.15) is 6.54 Å².